The third-order valence-electron chi connectivity index (χ3n) is 3.03. The first-order valence-corrected chi connectivity index (χ1v) is 6.68. The van der Waals surface area contributed by atoms with Gasteiger partial charge in [-0.05, 0) is 36.6 Å². The summed E-state index contributed by atoms with van der Waals surface area (Å²) < 4.78 is 5.53. The van der Waals surface area contributed by atoms with Gasteiger partial charge in [0, 0.05) is 0 Å². The summed E-state index contributed by atoms with van der Waals surface area (Å²) in [6, 6.07) is 15.6. The van der Waals surface area contributed by atoms with Crippen molar-refractivity contribution >= 4 is 0 Å². The lowest BCUT2D eigenvalue weighted by Gasteiger charge is -2.13. The number of aryl methyl sites for hydroxylation is 1. The maximum atomic E-state index is 10.3. The number of ether oxygens (including phenoxy) is 1. The number of aliphatic hydroxyl groups is 1. The molecule has 1 unspecified atom stereocenters. The van der Waals surface area contributed by atoms with Crippen LogP contribution in [-0.4, -0.2) is 11.7 Å². The lowest BCUT2D eigenvalue weighted by atomic mass is 10.00. The summed E-state index contributed by atoms with van der Waals surface area (Å²) in [5, 5.41) is 10.3. The second kappa shape index (κ2) is 6.39. The Morgan fingerprint density at radius 3 is 2.42 bits per heavy atom. The molecule has 0 aliphatic rings. The van der Waals surface area contributed by atoms with Crippen molar-refractivity contribution in [1.82, 2.24) is 0 Å². The highest BCUT2D eigenvalue weighted by atomic mass is 16.5. The highest BCUT2D eigenvalue weighted by Crippen LogP contribution is 2.24. The topological polar surface area (TPSA) is 29.5 Å². The molecule has 0 amide bonds. The fourth-order valence-electron chi connectivity index (χ4n) is 2.00. The van der Waals surface area contributed by atoms with E-state index in [0.717, 1.165) is 35.5 Å². The van der Waals surface area contributed by atoms with Gasteiger partial charge in [0.25, 0.3) is 0 Å². The van der Waals surface area contributed by atoms with Crippen LogP contribution in [0.2, 0.25) is 0 Å². The summed E-state index contributed by atoms with van der Waals surface area (Å²) in [4.78, 5) is 0. The van der Waals surface area contributed by atoms with Gasteiger partial charge in [0.05, 0.1) is 6.61 Å². The molecule has 2 rings (SSSR count). The number of hydrogen-bond acceptors (Lipinski definition) is 2. The molecule has 19 heavy (non-hydrogen) atoms. The summed E-state index contributed by atoms with van der Waals surface area (Å²) in [6.45, 7) is 4.83. The van der Waals surface area contributed by atoms with E-state index in [4.69, 9.17) is 4.74 Å². The van der Waals surface area contributed by atoms with E-state index in [0.29, 0.717) is 0 Å². The fourth-order valence-corrected chi connectivity index (χ4v) is 2.00. The van der Waals surface area contributed by atoms with E-state index in [2.05, 4.69) is 6.92 Å². The quantitative estimate of drug-likeness (QED) is 0.880. The van der Waals surface area contributed by atoms with Crippen LogP contribution in [0.25, 0.3) is 0 Å². The van der Waals surface area contributed by atoms with Crippen molar-refractivity contribution in [3.05, 3.63) is 65.2 Å². The van der Waals surface area contributed by atoms with Crippen LogP contribution in [-0.2, 0) is 0 Å². The van der Waals surface area contributed by atoms with Crippen LogP contribution in [0.4, 0.5) is 0 Å². The Kier molecular flexibility index (Phi) is 4.58. The number of aliphatic hydroxyl groups excluding tert-OH is 1. The molecule has 0 fully saturated rings. The molecule has 100 valence electrons. The Bertz CT molecular complexity index is 517. The van der Waals surface area contributed by atoms with Crippen molar-refractivity contribution in [2.45, 2.75) is 26.4 Å². The van der Waals surface area contributed by atoms with E-state index in [9.17, 15) is 5.11 Å². The van der Waals surface area contributed by atoms with Gasteiger partial charge in [-0.25, -0.2) is 0 Å². The van der Waals surface area contributed by atoms with Crippen molar-refractivity contribution in [3.8, 4) is 5.75 Å². The van der Waals surface area contributed by atoms with E-state index in [1.807, 2.05) is 55.5 Å². The molecule has 0 radical (unpaired) electrons. The lowest BCUT2D eigenvalue weighted by Crippen LogP contribution is -2.00. The molecule has 0 aliphatic heterocycles. The van der Waals surface area contributed by atoms with Crippen molar-refractivity contribution in [1.29, 1.82) is 0 Å². The maximum absolute atomic E-state index is 10.3. The van der Waals surface area contributed by atoms with Gasteiger partial charge in [0.1, 0.15) is 11.9 Å². The molecule has 2 nitrogen and oxygen atoms in total. The summed E-state index contributed by atoms with van der Waals surface area (Å²) in [6.07, 6.45) is 0.411. The molecule has 0 spiro atoms. The van der Waals surface area contributed by atoms with Gasteiger partial charge in [-0.3, -0.25) is 0 Å². The molecule has 0 heterocycles. The summed E-state index contributed by atoms with van der Waals surface area (Å²) in [5.74, 6) is 0.849. The molecule has 0 saturated heterocycles. The van der Waals surface area contributed by atoms with Gasteiger partial charge < -0.3 is 9.84 Å². The van der Waals surface area contributed by atoms with E-state index >= 15 is 0 Å². The predicted molar refractivity (Wildman–Crippen MR) is 77.5 cm³/mol. The lowest BCUT2D eigenvalue weighted by molar-refractivity contribution is 0.220. The monoisotopic (exact) mass is 256 g/mol. The highest BCUT2D eigenvalue weighted by molar-refractivity contribution is 5.35. The summed E-state index contributed by atoms with van der Waals surface area (Å²) >= 11 is 0. The van der Waals surface area contributed by atoms with Crippen LogP contribution in [0.5, 0.6) is 5.75 Å². The van der Waals surface area contributed by atoms with Gasteiger partial charge in [0.2, 0.25) is 0 Å². The van der Waals surface area contributed by atoms with Crippen molar-refractivity contribution in [2.75, 3.05) is 6.61 Å². The van der Waals surface area contributed by atoms with Crippen molar-refractivity contribution in [3.63, 3.8) is 0 Å². The molecule has 1 atom stereocenters. The minimum atomic E-state index is -0.583. The molecule has 2 heteroatoms. The molecular formula is C17H20O2. The van der Waals surface area contributed by atoms with Gasteiger partial charge in [-0.1, -0.05) is 48.9 Å². The molecular weight excluding hydrogens is 236 g/mol. The molecule has 2 aromatic carbocycles. The standard InChI is InChI=1S/C17H20O2/c1-3-11-19-16-9-7-14(8-10-16)17(18)15-6-4-5-13(2)12-15/h4-10,12,17-18H,3,11H2,1-2H3. The first-order chi connectivity index (χ1) is 9.20. The van der Waals surface area contributed by atoms with Gasteiger partial charge >= 0.3 is 0 Å². The molecule has 0 aliphatic carbocycles. The highest BCUT2D eigenvalue weighted by Gasteiger charge is 2.10. The Morgan fingerprint density at radius 2 is 1.79 bits per heavy atom. The molecule has 0 aromatic heterocycles. The zero-order valence-corrected chi connectivity index (χ0v) is 11.5. The number of benzene rings is 2. The van der Waals surface area contributed by atoms with E-state index in [-0.39, 0.29) is 0 Å². The van der Waals surface area contributed by atoms with Crippen LogP contribution in [0.1, 0.15) is 36.1 Å². The summed E-state index contributed by atoms with van der Waals surface area (Å²) in [7, 11) is 0. The van der Waals surface area contributed by atoms with Crippen LogP contribution in [0, 0.1) is 6.92 Å². The predicted octanol–water partition coefficient (Wildman–Crippen LogP) is 3.87. The minimum Gasteiger partial charge on any atom is -0.494 e. The Balaban J connectivity index is 2.13. The smallest absolute Gasteiger partial charge is 0.119 e. The summed E-state index contributed by atoms with van der Waals surface area (Å²) in [5.41, 5.74) is 2.95. The Morgan fingerprint density at radius 1 is 1.05 bits per heavy atom. The SMILES string of the molecule is CCCOc1ccc(C(O)c2cccc(C)c2)cc1. The third-order valence-corrected chi connectivity index (χ3v) is 3.03. The minimum absolute atomic E-state index is 0.583. The average Bonchev–Trinajstić information content (AvgIpc) is 2.45. The number of rotatable bonds is 5. The second-order valence-corrected chi connectivity index (χ2v) is 4.73. The second-order valence-electron chi connectivity index (χ2n) is 4.73. The fraction of sp³-hybridized carbons (Fsp3) is 0.294. The van der Waals surface area contributed by atoms with Crippen LogP contribution >= 0.6 is 0 Å². The molecule has 1 N–H and O–H groups in total. The molecule has 0 saturated carbocycles. The van der Waals surface area contributed by atoms with Crippen LogP contribution in [0.15, 0.2) is 48.5 Å². The van der Waals surface area contributed by atoms with Crippen molar-refractivity contribution < 1.29 is 9.84 Å². The van der Waals surface area contributed by atoms with Crippen LogP contribution in [0.3, 0.4) is 0 Å². The Labute approximate surface area is 114 Å². The van der Waals surface area contributed by atoms with Gasteiger partial charge in [0.15, 0.2) is 0 Å². The molecule has 0 bridgehead atoms. The van der Waals surface area contributed by atoms with E-state index in [1.54, 1.807) is 0 Å². The van der Waals surface area contributed by atoms with Crippen molar-refractivity contribution in [2.24, 2.45) is 0 Å². The first kappa shape index (κ1) is 13.6. The maximum Gasteiger partial charge on any atom is 0.119 e. The van der Waals surface area contributed by atoms with E-state index < -0.39 is 6.10 Å². The zero-order valence-electron chi connectivity index (χ0n) is 11.5. The normalized spacial score (nSPS) is 12.2. The van der Waals surface area contributed by atoms with E-state index in [1.165, 1.54) is 0 Å². The van der Waals surface area contributed by atoms with Gasteiger partial charge in [-0.15, -0.1) is 0 Å². The number of hydrogen-bond donors (Lipinski definition) is 1. The van der Waals surface area contributed by atoms with Crippen LogP contribution < -0.4 is 4.74 Å². The largest absolute Gasteiger partial charge is 0.494 e. The first-order valence-electron chi connectivity index (χ1n) is 6.68. The van der Waals surface area contributed by atoms with Gasteiger partial charge in [-0.2, -0.15) is 0 Å². The average molecular weight is 256 g/mol. The third kappa shape index (κ3) is 3.58. The molecule has 2 aromatic rings. The zero-order chi connectivity index (χ0) is 13.7. The Hall–Kier alpha value is -1.80.